The molecule has 1 aromatic carbocycles. The number of hydrogen-bond donors (Lipinski definition) is 3. The van der Waals surface area contributed by atoms with Gasteiger partial charge in [0.05, 0.1) is 5.56 Å². The monoisotopic (exact) mass is 305 g/mol. The molecule has 1 aromatic heterocycles. The van der Waals surface area contributed by atoms with Crippen LogP contribution >= 0.6 is 12.4 Å². The van der Waals surface area contributed by atoms with Gasteiger partial charge < -0.3 is 15.6 Å². The first kappa shape index (κ1) is 15.6. The van der Waals surface area contributed by atoms with E-state index in [1.165, 1.54) is 11.1 Å². The quantitative estimate of drug-likeness (QED) is 0.815. The predicted octanol–water partition coefficient (Wildman–Crippen LogP) is 2.36. The van der Waals surface area contributed by atoms with Gasteiger partial charge in [0.1, 0.15) is 0 Å². The summed E-state index contributed by atoms with van der Waals surface area (Å²) in [4.78, 5) is 15.1. The number of rotatable bonds is 3. The number of carbonyl (C=O) groups is 1. The molecule has 2 heterocycles. The highest BCUT2D eigenvalue weighted by molar-refractivity contribution is 5.95. The number of carbonyl (C=O) groups excluding carboxylic acids is 1. The van der Waals surface area contributed by atoms with Crippen LogP contribution in [-0.4, -0.2) is 24.0 Å². The van der Waals surface area contributed by atoms with E-state index in [-0.39, 0.29) is 24.4 Å². The molecule has 21 heavy (non-hydrogen) atoms. The molecule has 1 atom stereocenters. The van der Waals surface area contributed by atoms with Gasteiger partial charge in [0.2, 0.25) is 0 Å². The Kier molecular flexibility index (Phi) is 5.04. The minimum absolute atomic E-state index is 0. The summed E-state index contributed by atoms with van der Waals surface area (Å²) >= 11 is 0. The first-order chi connectivity index (χ1) is 9.75. The van der Waals surface area contributed by atoms with Gasteiger partial charge in [-0.15, -0.1) is 12.4 Å². The van der Waals surface area contributed by atoms with Gasteiger partial charge in [-0.3, -0.25) is 4.79 Å². The number of nitrogens with one attached hydrogen (secondary N) is 3. The first-order valence-electron chi connectivity index (χ1n) is 6.99. The third kappa shape index (κ3) is 3.28. The lowest BCUT2D eigenvalue weighted by molar-refractivity contribution is 0.0948. The average molecular weight is 306 g/mol. The summed E-state index contributed by atoms with van der Waals surface area (Å²) in [7, 11) is 0. The third-order valence-electron chi connectivity index (χ3n) is 3.88. The second-order valence-electron chi connectivity index (χ2n) is 5.18. The second kappa shape index (κ2) is 6.78. The highest BCUT2D eigenvalue weighted by Crippen LogP contribution is 2.21. The van der Waals surface area contributed by atoms with Crippen molar-refractivity contribution in [3.8, 4) is 0 Å². The predicted molar refractivity (Wildman–Crippen MR) is 86.0 cm³/mol. The molecule has 2 aromatic rings. The van der Waals surface area contributed by atoms with E-state index in [1.807, 2.05) is 13.0 Å². The molecular weight excluding hydrogens is 286 g/mol. The maximum atomic E-state index is 12.1. The summed E-state index contributed by atoms with van der Waals surface area (Å²) in [6.45, 7) is 3.48. The van der Waals surface area contributed by atoms with Crippen molar-refractivity contribution in [1.82, 2.24) is 15.6 Å². The SMILES string of the molecule is Cc1[nH]ccc1C(=O)NCC1NCCc2ccccc21.Cl. The molecule has 0 spiro atoms. The lowest BCUT2D eigenvalue weighted by Crippen LogP contribution is -2.38. The second-order valence-corrected chi connectivity index (χ2v) is 5.18. The van der Waals surface area contributed by atoms with E-state index in [1.54, 1.807) is 6.20 Å². The summed E-state index contributed by atoms with van der Waals surface area (Å²) in [5.41, 5.74) is 4.29. The van der Waals surface area contributed by atoms with Gasteiger partial charge in [-0.1, -0.05) is 24.3 Å². The largest absolute Gasteiger partial charge is 0.365 e. The van der Waals surface area contributed by atoms with Crippen molar-refractivity contribution in [3.05, 3.63) is 58.9 Å². The highest BCUT2D eigenvalue weighted by atomic mass is 35.5. The molecule has 3 N–H and O–H groups in total. The Hall–Kier alpha value is -1.78. The molecule has 0 aliphatic carbocycles. The van der Waals surface area contributed by atoms with Crippen molar-refractivity contribution in [1.29, 1.82) is 0 Å². The van der Waals surface area contributed by atoms with Crippen LogP contribution in [0.15, 0.2) is 36.5 Å². The van der Waals surface area contributed by atoms with E-state index in [0.717, 1.165) is 18.7 Å². The molecule has 1 aliphatic heterocycles. The lowest BCUT2D eigenvalue weighted by Gasteiger charge is -2.27. The third-order valence-corrected chi connectivity index (χ3v) is 3.88. The number of benzene rings is 1. The minimum Gasteiger partial charge on any atom is -0.365 e. The van der Waals surface area contributed by atoms with Gasteiger partial charge in [-0.05, 0) is 37.1 Å². The van der Waals surface area contributed by atoms with Crippen molar-refractivity contribution in [2.75, 3.05) is 13.1 Å². The minimum atomic E-state index is -0.0198. The number of H-pyrrole nitrogens is 1. The van der Waals surface area contributed by atoms with Gasteiger partial charge >= 0.3 is 0 Å². The average Bonchev–Trinajstić information content (AvgIpc) is 2.91. The van der Waals surface area contributed by atoms with Crippen molar-refractivity contribution in [3.63, 3.8) is 0 Å². The van der Waals surface area contributed by atoms with Crippen LogP contribution in [0, 0.1) is 6.92 Å². The molecule has 1 aliphatic rings. The van der Waals surface area contributed by atoms with E-state index >= 15 is 0 Å². The smallest absolute Gasteiger partial charge is 0.253 e. The zero-order valence-electron chi connectivity index (χ0n) is 12.0. The lowest BCUT2D eigenvalue weighted by atomic mass is 9.94. The van der Waals surface area contributed by atoms with Crippen LogP contribution in [0.4, 0.5) is 0 Å². The van der Waals surface area contributed by atoms with Gasteiger partial charge in [0.15, 0.2) is 0 Å². The van der Waals surface area contributed by atoms with Gasteiger partial charge in [-0.25, -0.2) is 0 Å². The molecule has 1 unspecified atom stereocenters. The van der Waals surface area contributed by atoms with Gasteiger partial charge in [0.25, 0.3) is 5.91 Å². The first-order valence-corrected chi connectivity index (χ1v) is 6.99. The summed E-state index contributed by atoms with van der Waals surface area (Å²) in [5, 5.41) is 6.48. The van der Waals surface area contributed by atoms with Gasteiger partial charge in [-0.2, -0.15) is 0 Å². The Balaban J connectivity index is 0.00000161. The molecule has 0 saturated heterocycles. The van der Waals surface area contributed by atoms with Crippen molar-refractivity contribution in [2.24, 2.45) is 0 Å². The molecule has 4 nitrogen and oxygen atoms in total. The van der Waals surface area contributed by atoms with Crippen molar-refractivity contribution in [2.45, 2.75) is 19.4 Å². The van der Waals surface area contributed by atoms with Crippen LogP contribution in [0.5, 0.6) is 0 Å². The number of aromatic amines is 1. The molecule has 112 valence electrons. The summed E-state index contributed by atoms with van der Waals surface area (Å²) in [5.74, 6) is -0.0198. The van der Waals surface area contributed by atoms with Crippen LogP contribution < -0.4 is 10.6 Å². The summed E-state index contributed by atoms with van der Waals surface area (Å²) in [6, 6.07) is 10.4. The molecule has 1 amide bonds. The normalized spacial score (nSPS) is 16.7. The topological polar surface area (TPSA) is 56.9 Å². The number of fused-ring (bicyclic) bond motifs is 1. The van der Waals surface area contributed by atoms with Crippen LogP contribution in [-0.2, 0) is 6.42 Å². The zero-order chi connectivity index (χ0) is 13.9. The molecule has 5 heteroatoms. The van der Waals surface area contributed by atoms with Crippen LogP contribution in [0.25, 0.3) is 0 Å². The van der Waals surface area contributed by atoms with E-state index in [9.17, 15) is 4.79 Å². The molecule has 0 radical (unpaired) electrons. The molecular formula is C16H20ClN3O. The Morgan fingerprint density at radius 1 is 1.33 bits per heavy atom. The van der Waals surface area contributed by atoms with Crippen LogP contribution in [0.1, 0.15) is 33.2 Å². The van der Waals surface area contributed by atoms with E-state index in [0.29, 0.717) is 12.1 Å². The highest BCUT2D eigenvalue weighted by Gasteiger charge is 2.20. The van der Waals surface area contributed by atoms with Crippen LogP contribution in [0.2, 0.25) is 0 Å². The number of halogens is 1. The van der Waals surface area contributed by atoms with E-state index in [4.69, 9.17) is 0 Å². The maximum absolute atomic E-state index is 12.1. The Bertz CT molecular complexity index is 623. The number of amides is 1. The van der Waals surface area contributed by atoms with Gasteiger partial charge in [0, 0.05) is 24.5 Å². The Morgan fingerprint density at radius 2 is 2.14 bits per heavy atom. The van der Waals surface area contributed by atoms with Crippen molar-refractivity contribution < 1.29 is 4.79 Å². The zero-order valence-corrected chi connectivity index (χ0v) is 12.8. The molecule has 0 saturated carbocycles. The van der Waals surface area contributed by atoms with E-state index < -0.39 is 0 Å². The summed E-state index contributed by atoms with van der Waals surface area (Å²) < 4.78 is 0. The fraction of sp³-hybridized carbons (Fsp3) is 0.312. The maximum Gasteiger partial charge on any atom is 0.253 e. The number of aromatic nitrogens is 1. The fourth-order valence-electron chi connectivity index (χ4n) is 2.76. The van der Waals surface area contributed by atoms with Crippen molar-refractivity contribution >= 4 is 18.3 Å². The van der Waals surface area contributed by atoms with E-state index in [2.05, 4.69) is 39.9 Å². The Labute approximate surface area is 130 Å². The number of aryl methyl sites for hydroxylation is 1. The molecule has 3 rings (SSSR count). The Morgan fingerprint density at radius 3 is 2.90 bits per heavy atom. The molecule has 0 bridgehead atoms. The molecule has 0 fully saturated rings. The number of hydrogen-bond acceptors (Lipinski definition) is 2. The summed E-state index contributed by atoms with van der Waals surface area (Å²) in [6.07, 6.45) is 2.84. The fourth-order valence-corrected chi connectivity index (χ4v) is 2.76. The van der Waals surface area contributed by atoms with Crippen LogP contribution in [0.3, 0.4) is 0 Å². The standard InChI is InChI=1S/C16H19N3O.ClH/c1-11-13(7-9-17-11)16(20)19-10-15-14-5-3-2-4-12(14)6-8-18-15;/h2-5,7,9,15,17-18H,6,8,10H2,1H3,(H,19,20);1H.